The van der Waals surface area contributed by atoms with Gasteiger partial charge in [0.25, 0.3) is 0 Å². The van der Waals surface area contributed by atoms with E-state index in [9.17, 15) is 0 Å². The predicted molar refractivity (Wildman–Crippen MR) is 49.6 cm³/mol. The van der Waals surface area contributed by atoms with Crippen molar-refractivity contribution in [1.29, 1.82) is 5.41 Å². The summed E-state index contributed by atoms with van der Waals surface area (Å²) in [5, 5.41) is 7.50. The summed E-state index contributed by atoms with van der Waals surface area (Å²) in [6, 6.07) is 0. The van der Waals surface area contributed by atoms with E-state index in [1.54, 1.807) is 7.11 Å². The minimum atomic E-state index is 0.629. The minimum Gasteiger partial charge on any atom is -0.384 e. The molecular formula is C9H18N2O. The fourth-order valence-corrected chi connectivity index (χ4v) is 1.74. The Morgan fingerprint density at radius 1 is 1.67 bits per heavy atom. The Bertz CT molecular complexity index is 157. The van der Waals surface area contributed by atoms with Gasteiger partial charge in [0, 0.05) is 20.2 Å². The number of nitrogens with one attached hydrogen (secondary N) is 1. The highest BCUT2D eigenvalue weighted by Gasteiger charge is 2.19. The van der Waals surface area contributed by atoms with Gasteiger partial charge in [-0.1, -0.05) is 0 Å². The van der Waals surface area contributed by atoms with Crippen LogP contribution < -0.4 is 0 Å². The van der Waals surface area contributed by atoms with Gasteiger partial charge in [-0.25, -0.2) is 0 Å². The molecule has 70 valence electrons. The molecule has 1 N–H and O–H groups in total. The summed E-state index contributed by atoms with van der Waals surface area (Å²) in [6.45, 7) is 4.75. The van der Waals surface area contributed by atoms with Crippen LogP contribution in [0.5, 0.6) is 0 Å². The first-order valence-corrected chi connectivity index (χ1v) is 4.53. The second-order valence-corrected chi connectivity index (χ2v) is 3.50. The lowest BCUT2D eigenvalue weighted by molar-refractivity contribution is 0.115. The number of amidine groups is 1. The first-order chi connectivity index (χ1) is 5.74. The molecule has 0 spiro atoms. The van der Waals surface area contributed by atoms with Crippen molar-refractivity contribution < 1.29 is 4.74 Å². The second kappa shape index (κ2) is 4.45. The summed E-state index contributed by atoms with van der Waals surface area (Å²) in [4.78, 5) is 2.13. The number of piperidine rings is 1. The smallest absolute Gasteiger partial charge is 0.0925 e. The average Bonchev–Trinajstić information content (AvgIpc) is 2.05. The number of rotatable bonds is 2. The Labute approximate surface area is 74.2 Å². The van der Waals surface area contributed by atoms with E-state index in [-0.39, 0.29) is 0 Å². The van der Waals surface area contributed by atoms with Crippen LogP contribution in [0.2, 0.25) is 0 Å². The van der Waals surface area contributed by atoms with Crippen LogP contribution in [0, 0.1) is 11.3 Å². The summed E-state index contributed by atoms with van der Waals surface area (Å²) in [6.07, 6.45) is 2.45. The van der Waals surface area contributed by atoms with E-state index in [0.29, 0.717) is 11.8 Å². The van der Waals surface area contributed by atoms with Gasteiger partial charge in [0.1, 0.15) is 0 Å². The topological polar surface area (TPSA) is 36.3 Å². The van der Waals surface area contributed by atoms with Gasteiger partial charge in [-0.05, 0) is 25.7 Å². The maximum absolute atomic E-state index is 7.50. The van der Waals surface area contributed by atoms with E-state index in [2.05, 4.69) is 4.90 Å². The Morgan fingerprint density at radius 3 is 3.00 bits per heavy atom. The standard InChI is InChI=1S/C9H18N2O/c1-8(10)11-5-3-4-9(6-11)7-12-2/h9-10H,3-7H2,1-2H3. The summed E-state index contributed by atoms with van der Waals surface area (Å²) in [7, 11) is 1.75. The Hall–Kier alpha value is -0.570. The van der Waals surface area contributed by atoms with Crippen LogP contribution in [0.4, 0.5) is 0 Å². The maximum Gasteiger partial charge on any atom is 0.0925 e. The van der Waals surface area contributed by atoms with E-state index < -0.39 is 0 Å². The molecule has 12 heavy (non-hydrogen) atoms. The van der Waals surface area contributed by atoms with Crippen LogP contribution in [-0.2, 0) is 4.74 Å². The molecule has 1 atom stereocenters. The van der Waals surface area contributed by atoms with Gasteiger partial charge in [0.2, 0.25) is 0 Å². The van der Waals surface area contributed by atoms with Crippen LogP contribution in [0.3, 0.4) is 0 Å². The van der Waals surface area contributed by atoms with Gasteiger partial charge in [0.05, 0.1) is 12.4 Å². The second-order valence-electron chi connectivity index (χ2n) is 3.50. The van der Waals surface area contributed by atoms with Crippen LogP contribution >= 0.6 is 0 Å². The summed E-state index contributed by atoms with van der Waals surface area (Å²) in [5.74, 6) is 1.32. The molecule has 0 aromatic carbocycles. The third-order valence-electron chi connectivity index (χ3n) is 2.40. The van der Waals surface area contributed by atoms with Crippen molar-refractivity contribution in [3.63, 3.8) is 0 Å². The fourth-order valence-electron chi connectivity index (χ4n) is 1.74. The zero-order chi connectivity index (χ0) is 8.97. The van der Waals surface area contributed by atoms with Crippen molar-refractivity contribution >= 4 is 5.84 Å². The van der Waals surface area contributed by atoms with Gasteiger partial charge in [-0.3, -0.25) is 5.41 Å². The summed E-state index contributed by atoms with van der Waals surface area (Å²) in [5.41, 5.74) is 0. The zero-order valence-corrected chi connectivity index (χ0v) is 7.97. The summed E-state index contributed by atoms with van der Waals surface area (Å²) < 4.78 is 5.11. The molecule has 0 saturated carbocycles. The highest BCUT2D eigenvalue weighted by Crippen LogP contribution is 2.16. The van der Waals surface area contributed by atoms with E-state index in [0.717, 1.165) is 19.7 Å². The van der Waals surface area contributed by atoms with Crippen LogP contribution in [0.15, 0.2) is 0 Å². The van der Waals surface area contributed by atoms with Gasteiger partial charge in [-0.2, -0.15) is 0 Å². The fraction of sp³-hybridized carbons (Fsp3) is 0.889. The Balaban J connectivity index is 2.35. The largest absolute Gasteiger partial charge is 0.384 e. The molecule has 0 aliphatic carbocycles. The van der Waals surface area contributed by atoms with Crippen molar-refractivity contribution in [1.82, 2.24) is 4.90 Å². The zero-order valence-electron chi connectivity index (χ0n) is 7.97. The molecular weight excluding hydrogens is 152 g/mol. The average molecular weight is 170 g/mol. The van der Waals surface area contributed by atoms with Crippen LogP contribution in [0.25, 0.3) is 0 Å². The first-order valence-electron chi connectivity index (χ1n) is 4.53. The Morgan fingerprint density at radius 2 is 2.42 bits per heavy atom. The van der Waals surface area contributed by atoms with E-state index in [4.69, 9.17) is 10.1 Å². The van der Waals surface area contributed by atoms with Gasteiger partial charge < -0.3 is 9.64 Å². The van der Waals surface area contributed by atoms with Crippen molar-refractivity contribution in [2.75, 3.05) is 26.8 Å². The molecule has 3 heteroatoms. The maximum atomic E-state index is 7.50. The lowest BCUT2D eigenvalue weighted by Gasteiger charge is -2.33. The summed E-state index contributed by atoms with van der Waals surface area (Å²) >= 11 is 0. The van der Waals surface area contributed by atoms with Crippen molar-refractivity contribution in [3.8, 4) is 0 Å². The lowest BCUT2D eigenvalue weighted by Crippen LogP contribution is -2.39. The van der Waals surface area contributed by atoms with Crippen LogP contribution in [0.1, 0.15) is 19.8 Å². The third kappa shape index (κ3) is 2.48. The van der Waals surface area contributed by atoms with E-state index in [1.165, 1.54) is 12.8 Å². The molecule has 1 saturated heterocycles. The Kier molecular flexibility index (Phi) is 3.53. The van der Waals surface area contributed by atoms with Crippen LogP contribution in [-0.4, -0.2) is 37.5 Å². The molecule has 0 radical (unpaired) electrons. The molecule has 1 fully saturated rings. The number of hydrogen-bond acceptors (Lipinski definition) is 2. The van der Waals surface area contributed by atoms with E-state index >= 15 is 0 Å². The number of methoxy groups -OCH3 is 1. The molecule has 1 rings (SSSR count). The van der Waals surface area contributed by atoms with E-state index in [1.807, 2.05) is 6.92 Å². The first kappa shape index (κ1) is 9.52. The normalized spacial score (nSPS) is 24.2. The number of ether oxygens (including phenoxy) is 1. The molecule has 1 heterocycles. The molecule has 0 aromatic heterocycles. The SMILES string of the molecule is COCC1CCCN(C(C)=N)C1. The number of hydrogen-bond donors (Lipinski definition) is 1. The van der Waals surface area contributed by atoms with Gasteiger partial charge >= 0.3 is 0 Å². The van der Waals surface area contributed by atoms with Crippen molar-refractivity contribution in [3.05, 3.63) is 0 Å². The number of nitrogens with zero attached hydrogens (tertiary/aromatic N) is 1. The van der Waals surface area contributed by atoms with Crippen molar-refractivity contribution in [2.24, 2.45) is 5.92 Å². The molecule has 1 aliphatic heterocycles. The third-order valence-corrected chi connectivity index (χ3v) is 2.40. The highest BCUT2D eigenvalue weighted by molar-refractivity contribution is 5.76. The van der Waals surface area contributed by atoms with Crippen molar-refractivity contribution in [2.45, 2.75) is 19.8 Å². The monoisotopic (exact) mass is 170 g/mol. The number of likely N-dealkylation sites (tertiary alicyclic amines) is 1. The molecule has 1 aliphatic rings. The molecule has 0 aromatic rings. The van der Waals surface area contributed by atoms with Gasteiger partial charge in [0.15, 0.2) is 0 Å². The minimum absolute atomic E-state index is 0.629. The quantitative estimate of drug-likeness (QED) is 0.501. The molecule has 0 bridgehead atoms. The molecule has 0 amide bonds. The molecule has 1 unspecified atom stereocenters. The van der Waals surface area contributed by atoms with Gasteiger partial charge in [-0.15, -0.1) is 0 Å². The predicted octanol–water partition coefficient (Wildman–Crippen LogP) is 1.34. The lowest BCUT2D eigenvalue weighted by atomic mass is 9.99. The molecule has 3 nitrogen and oxygen atoms in total. The highest BCUT2D eigenvalue weighted by atomic mass is 16.5.